The summed E-state index contributed by atoms with van der Waals surface area (Å²) >= 11 is 0. The van der Waals surface area contributed by atoms with Crippen molar-refractivity contribution in [3.05, 3.63) is 23.9 Å². The molecule has 0 saturated carbocycles. The van der Waals surface area contributed by atoms with Crippen molar-refractivity contribution >= 4 is 11.7 Å². The summed E-state index contributed by atoms with van der Waals surface area (Å²) in [6, 6.07) is 7.50. The predicted molar refractivity (Wildman–Crippen MR) is 67.7 cm³/mol. The molecule has 5 heteroatoms. The molecule has 5 nitrogen and oxygen atoms in total. The monoisotopic (exact) mass is 244 g/mol. The third-order valence-corrected chi connectivity index (χ3v) is 3.28. The molecule has 1 fully saturated rings. The number of primary amides is 1. The number of hydrogen-bond acceptors (Lipinski definition) is 4. The van der Waals surface area contributed by atoms with Crippen LogP contribution >= 0.6 is 0 Å². The van der Waals surface area contributed by atoms with E-state index in [-0.39, 0.29) is 5.91 Å². The van der Waals surface area contributed by atoms with Gasteiger partial charge in [-0.15, -0.1) is 0 Å². The van der Waals surface area contributed by atoms with E-state index in [9.17, 15) is 4.79 Å². The minimum atomic E-state index is -0.224. The number of carbonyl (C=O) groups excluding carboxylic acids is 1. The highest BCUT2D eigenvalue weighted by atomic mass is 16.1. The van der Waals surface area contributed by atoms with Crippen LogP contribution in [0.2, 0.25) is 0 Å². The van der Waals surface area contributed by atoms with Crippen LogP contribution in [-0.4, -0.2) is 24.0 Å². The molecule has 1 amide bonds. The van der Waals surface area contributed by atoms with E-state index in [1.54, 1.807) is 6.07 Å². The van der Waals surface area contributed by atoms with E-state index in [2.05, 4.69) is 9.88 Å². The van der Waals surface area contributed by atoms with E-state index in [4.69, 9.17) is 11.0 Å². The molecule has 2 heterocycles. The first-order valence-corrected chi connectivity index (χ1v) is 6.09. The Morgan fingerprint density at radius 2 is 2.22 bits per heavy atom. The molecule has 1 aromatic rings. The van der Waals surface area contributed by atoms with Crippen molar-refractivity contribution in [2.75, 3.05) is 18.0 Å². The minimum absolute atomic E-state index is 0.224. The zero-order valence-electron chi connectivity index (χ0n) is 10.2. The van der Waals surface area contributed by atoms with Gasteiger partial charge in [-0.3, -0.25) is 4.79 Å². The first kappa shape index (κ1) is 12.4. The lowest BCUT2D eigenvalue weighted by molar-refractivity contribution is -0.119. The molecule has 0 aliphatic carbocycles. The van der Waals surface area contributed by atoms with E-state index in [1.165, 1.54) is 0 Å². The van der Waals surface area contributed by atoms with Gasteiger partial charge in [0.25, 0.3) is 0 Å². The fourth-order valence-corrected chi connectivity index (χ4v) is 2.31. The third kappa shape index (κ3) is 2.98. The molecule has 0 spiro atoms. The molecule has 0 bridgehead atoms. The van der Waals surface area contributed by atoms with Crippen LogP contribution in [0.5, 0.6) is 0 Å². The number of hydrogen-bond donors (Lipinski definition) is 1. The van der Waals surface area contributed by atoms with E-state index in [1.807, 2.05) is 18.2 Å². The number of piperidine rings is 1. The Morgan fingerprint density at radius 3 is 2.83 bits per heavy atom. The van der Waals surface area contributed by atoms with Gasteiger partial charge >= 0.3 is 0 Å². The summed E-state index contributed by atoms with van der Waals surface area (Å²) in [5, 5.41) is 8.82. The molecule has 2 N–H and O–H groups in total. The second kappa shape index (κ2) is 5.50. The van der Waals surface area contributed by atoms with Crippen LogP contribution in [0.4, 0.5) is 5.82 Å². The Balaban J connectivity index is 1.97. The van der Waals surface area contributed by atoms with Crippen molar-refractivity contribution in [1.29, 1.82) is 5.26 Å². The van der Waals surface area contributed by atoms with Crippen molar-refractivity contribution in [2.24, 2.45) is 11.7 Å². The Kier molecular flexibility index (Phi) is 3.78. The molecule has 1 aliphatic rings. The van der Waals surface area contributed by atoms with Gasteiger partial charge in [0.2, 0.25) is 5.91 Å². The lowest BCUT2D eigenvalue weighted by atomic mass is 9.93. The number of pyridine rings is 1. The highest BCUT2D eigenvalue weighted by Crippen LogP contribution is 2.23. The average Bonchev–Trinajstić information content (AvgIpc) is 2.39. The van der Waals surface area contributed by atoms with Gasteiger partial charge in [-0.25, -0.2) is 4.98 Å². The third-order valence-electron chi connectivity index (χ3n) is 3.28. The van der Waals surface area contributed by atoms with Crippen LogP contribution in [0.3, 0.4) is 0 Å². The molecular formula is C13H16N4O. The van der Waals surface area contributed by atoms with Gasteiger partial charge in [0.15, 0.2) is 0 Å². The van der Waals surface area contributed by atoms with E-state index >= 15 is 0 Å². The van der Waals surface area contributed by atoms with E-state index in [0.29, 0.717) is 18.0 Å². The van der Waals surface area contributed by atoms with E-state index < -0.39 is 0 Å². The fraction of sp³-hybridized carbons (Fsp3) is 0.462. The SMILES string of the molecule is N#Cc1cccc(N2CCC(CC(N)=O)CC2)n1. The highest BCUT2D eigenvalue weighted by Gasteiger charge is 2.21. The lowest BCUT2D eigenvalue weighted by Crippen LogP contribution is -2.35. The maximum atomic E-state index is 10.9. The van der Waals surface area contributed by atoms with Gasteiger partial charge in [0, 0.05) is 19.5 Å². The topological polar surface area (TPSA) is 83.0 Å². The first-order chi connectivity index (χ1) is 8.69. The van der Waals surface area contributed by atoms with Crippen molar-refractivity contribution in [2.45, 2.75) is 19.3 Å². The normalized spacial score (nSPS) is 16.3. The molecule has 94 valence electrons. The Hall–Kier alpha value is -2.09. The lowest BCUT2D eigenvalue weighted by Gasteiger charge is -2.32. The number of anilines is 1. The summed E-state index contributed by atoms with van der Waals surface area (Å²) in [6.07, 6.45) is 2.36. The van der Waals surface area contributed by atoms with Crippen LogP contribution in [0.25, 0.3) is 0 Å². The second-order valence-corrected chi connectivity index (χ2v) is 4.59. The maximum Gasteiger partial charge on any atom is 0.217 e. The van der Waals surface area contributed by atoms with Crippen LogP contribution in [-0.2, 0) is 4.79 Å². The van der Waals surface area contributed by atoms with Gasteiger partial charge in [0.1, 0.15) is 17.6 Å². The van der Waals surface area contributed by atoms with Gasteiger partial charge in [-0.2, -0.15) is 5.26 Å². The summed E-state index contributed by atoms with van der Waals surface area (Å²) in [5.41, 5.74) is 5.64. The number of rotatable bonds is 3. The molecule has 0 aromatic carbocycles. The molecule has 0 unspecified atom stereocenters. The average molecular weight is 244 g/mol. The van der Waals surface area contributed by atoms with Crippen LogP contribution in [0, 0.1) is 17.2 Å². The molecule has 1 saturated heterocycles. The minimum Gasteiger partial charge on any atom is -0.370 e. The van der Waals surface area contributed by atoms with Crippen LogP contribution in [0.1, 0.15) is 25.0 Å². The van der Waals surface area contributed by atoms with E-state index in [0.717, 1.165) is 31.7 Å². The molecular weight excluding hydrogens is 228 g/mol. The fourth-order valence-electron chi connectivity index (χ4n) is 2.31. The molecule has 0 radical (unpaired) electrons. The summed E-state index contributed by atoms with van der Waals surface area (Å²) in [6.45, 7) is 1.72. The zero-order chi connectivity index (χ0) is 13.0. The largest absolute Gasteiger partial charge is 0.370 e. The Bertz CT molecular complexity index is 472. The first-order valence-electron chi connectivity index (χ1n) is 6.09. The number of nitriles is 1. The Morgan fingerprint density at radius 1 is 1.50 bits per heavy atom. The molecule has 1 aromatic heterocycles. The van der Waals surface area contributed by atoms with Gasteiger partial charge < -0.3 is 10.6 Å². The zero-order valence-corrected chi connectivity index (χ0v) is 10.2. The quantitative estimate of drug-likeness (QED) is 0.861. The molecule has 2 rings (SSSR count). The number of carbonyl (C=O) groups is 1. The van der Waals surface area contributed by atoms with Crippen LogP contribution in [0.15, 0.2) is 18.2 Å². The van der Waals surface area contributed by atoms with Gasteiger partial charge in [0.05, 0.1) is 0 Å². The summed E-state index contributed by atoms with van der Waals surface area (Å²) in [7, 11) is 0. The van der Waals surface area contributed by atoms with Gasteiger partial charge in [-0.1, -0.05) is 6.07 Å². The van der Waals surface area contributed by atoms with Crippen molar-refractivity contribution in [3.8, 4) is 6.07 Å². The number of amides is 1. The Labute approximate surface area is 106 Å². The summed E-state index contributed by atoms with van der Waals surface area (Å²) in [5.74, 6) is 1.00. The van der Waals surface area contributed by atoms with Crippen molar-refractivity contribution < 1.29 is 4.79 Å². The van der Waals surface area contributed by atoms with Crippen molar-refractivity contribution in [1.82, 2.24) is 4.98 Å². The number of nitrogens with two attached hydrogens (primary N) is 1. The molecule has 0 atom stereocenters. The second-order valence-electron chi connectivity index (χ2n) is 4.59. The van der Waals surface area contributed by atoms with Gasteiger partial charge in [-0.05, 0) is 30.9 Å². The summed E-state index contributed by atoms with van der Waals surface area (Å²) < 4.78 is 0. The predicted octanol–water partition coefficient (Wildman–Crippen LogP) is 1.05. The summed E-state index contributed by atoms with van der Waals surface area (Å²) in [4.78, 5) is 17.3. The standard InChI is InChI=1S/C13H16N4O/c14-9-11-2-1-3-13(16-11)17-6-4-10(5-7-17)8-12(15)18/h1-3,10H,4-8H2,(H2,15,18). The van der Waals surface area contributed by atoms with Crippen LogP contribution < -0.4 is 10.6 Å². The highest BCUT2D eigenvalue weighted by molar-refractivity contribution is 5.74. The number of aromatic nitrogens is 1. The smallest absolute Gasteiger partial charge is 0.217 e. The molecule has 18 heavy (non-hydrogen) atoms. The maximum absolute atomic E-state index is 10.9. The van der Waals surface area contributed by atoms with Crippen molar-refractivity contribution in [3.63, 3.8) is 0 Å². The number of nitrogens with zero attached hydrogens (tertiary/aromatic N) is 3. The molecule has 1 aliphatic heterocycles.